The average Bonchev–Trinajstić information content (AvgIpc) is 3.28. The molecule has 2 amide bonds. The van der Waals surface area contributed by atoms with Crippen molar-refractivity contribution in [1.29, 1.82) is 0 Å². The maximum absolute atomic E-state index is 13.5. The van der Waals surface area contributed by atoms with Crippen LogP contribution in [0.5, 0.6) is 0 Å². The summed E-state index contributed by atoms with van der Waals surface area (Å²) in [5.74, 6) is -1.19. The van der Waals surface area contributed by atoms with Crippen molar-refractivity contribution < 1.29 is 19.1 Å². The summed E-state index contributed by atoms with van der Waals surface area (Å²) in [6, 6.07) is 12.2. The number of rotatable bonds is 4. The van der Waals surface area contributed by atoms with Crippen molar-refractivity contribution in [1.82, 2.24) is 15.2 Å². The molecule has 1 aromatic carbocycles. The van der Waals surface area contributed by atoms with Crippen LogP contribution in [0.4, 0.5) is 0 Å². The largest absolute Gasteiger partial charge is 0.469 e. The lowest BCUT2D eigenvalue weighted by Gasteiger charge is -2.34. The highest BCUT2D eigenvalue weighted by molar-refractivity contribution is 7.13. The van der Waals surface area contributed by atoms with Gasteiger partial charge in [-0.1, -0.05) is 24.3 Å². The molecule has 148 valence electrons. The molecule has 3 heterocycles. The molecular formula is C21H19N3O4S. The van der Waals surface area contributed by atoms with Crippen molar-refractivity contribution in [3.63, 3.8) is 0 Å². The fraction of sp³-hybridized carbons (Fsp3) is 0.238. The number of hydrogen-bond donors (Lipinski definition) is 1. The van der Waals surface area contributed by atoms with Crippen LogP contribution in [0.15, 0.2) is 47.8 Å². The van der Waals surface area contributed by atoms with Gasteiger partial charge in [-0.05, 0) is 23.6 Å². The van der Waals surface area contributed by atoms with Crippen molar-refractivity contribution in [3.05, 3.63) is 53.4 Å². The smallest absolute Gasteiger partial charge is 0.308 e. The Morgan fingerprint density at radius 3 is 2.86 bits per heavy atom. The number of piperazine rings is 1. The Balaban J connectivity index is 1.79. The summed E-state index contributed by atoms with van der Waals surface area (Å²) in [5, 5.41) is 5.38. The van der Waals surface area contributed by atoms with Crippen LogP contribution >= 0.6 is 11.3 Å². The first-order valence-corrected chi connectivity index (χ1v) is 10.1. The molecule has 8 heteroatoms. The number of aromatic nitrogens is 1. The molecule has 0 spiro atoms. The van der Waals surface area contributed by atoms with Crippen LogP contribution in [0, 0.1) is 0 Å². The van der Waals surface area contributed by atoms with Crippen molar-refractivity contribution in [2.45, 2.75) is 12.5 Å². The quantitative estimate of drug-likeness (QED) is 0.669. The SMILES string of the molecule is COC(=O)C[C@H]1C(=O)NCCN1C(=O)c1cc(-c2cccs2)nc2ccccc12. The van der Waals surface area contributed by atoms with Crippen LogP contribution in [-0.2, 0) is 14.3 Å². The van der Waals surface area contributed by atoms with E-state index >= 15 is 0 Å². The Morgan fingerprint density at radius 1 is 1.28 bits per heavy atom. The van der Waals surface area contributed by atoms with Gasteiger partial charge in [0.25, 0.3) is 5.91 Å². The standard InChI is InChI=1S/C21H19N3O4S/c1-28-19(25)12-17-20(26)22-8-9-24(17)21(27)14-11-16(18-7-4-10-29-18)23-15-6-3-2-5-13(14)15/h2-7,10-11,17H,8-9,12H2,1H3,(H,22,26)/t17-/m0/s1. The number of carbonyl (C=O) groups is 3. The van der Waals surface area contributed by atoms with Crippen molar-refractivity contribution >= 4 is 40.0 Å². The first-order chi connectivity index (χ1) is 14.1. The molecule has 0 unspecified atom stereocenters. The average molecular weight is 409 g/mol. The van der Waals surface area contributed by atoms with E-state index in [1.165, 1.54) is 12.0 Å². The third-order valence-corrected chi connectivity index (χ3v) is 5.79. The molecule has 0 saturated carbocycles. The van der Waals surface area contributed by atoms with E-state index in [9.17, 15) is 14.4 Å². The van der Waals surface area contributed by atoms with Crippen LogP contribution in [0.2, 0.25) is 0 Å². The normalized spacial score (nSPS) is 16.5. The third kappa shape index (κ3) is 3.71. The number of benzene rings is 1. The highest BCUT2D eigenvalue weighted by Crippen LogP contribution is 2.29. The molecule has 1 aliphatic rings. The van der Waals surface area contributed by atoms with Gasteiger partial charge < -0.3 is 15.0 Å². The maximum Gasteiger partial charge on any atom is 0.308 e. The minimum Gasteiger partial charge on any atom is -0.469 e. The van der Waals surface area contributed by atoms with E-state index in [-0.39, 0.29) is 18.2 Å². The summed E-state index contributed by atoms with van der Waals surface area (Å²) in [6.07, 6.45) is -0.186. The van der Waals surface area contributed by atoms with Crippen molar-refractivity contribution in [2.24, 2.45) is 0 Å². The highest BCUT2D eigenvalue weighted by atomic mass is 32.1. The lowest BCUT2D eigenvalue weighted by molar-refractivity contribution is -0.145. The van der Waals surface area contributed by atoms with Crippen LogP contribution < -0.4 is 5.32 Å². The van der Waals surface area contributed by atoms with Gasteiger partial charge in [0.15, 0.2) is 0 Å². The summed E-state index contributed by atoms with van der Waals surface area (Å²) >= 11 is 1.54. The molecule has 1 aliphatic heterocycles. The minimum absolute atomic E-state index is 0.186. The predicted molar refractivity (Wildman–Crippen MR) is 110 cm³/mol. The number of nitrogens with one attached hydrogen (secondary N) is 1. The molecule has 1 fully saturated rings. The number of thiophene rings is 1. The van der Waals surface area contributed by atoms with Gasteiger partial charge in [0.1, 0.15) is 6.04 Å². The molecular weight excluding hydrogens is 390 g/mol. The van der Waals surface area contributed by atoms with Gasteiger partial charge in [0, 0.05) is 18.5 Å². The van der Waals surface area contributed by atoms with E-state index in [0.717, 1.165) is 4.88 Å². The molecule has 0 radical (unpaired) electrons. The number of ether oxygens (including phenoxy) is 1. The molecule has 29 heavy (non-hydrogen) atoms. The molecule has 0 bridgehead atoms. The first kappa shape index (κ1) is 19.1. The molecule has 2 aromatic heterocycles. The van der Waals surface area contributed by atoms with Gasteiger partial charge >= 0.3 is 5.97 Å². The number of amides is 2. The zero-order valence-corrected chi connectivity index (χ0v) is 16.6. The topological polar surface area (TPSA) is 88.6 Å². The lowest BCUT2D eigenvalue weighted by Crippen LogP contribution is -2.57. The molecule has 0 aliphatic carbocycles. The first-order valence-electron chi connectivity index (χ1n) is 9.17. The van der Waals surface area contributed by atoms with E-state index < -0.39 is 12.0 Å². The Kier molecular flexibility index (Phi) is 5.26. The monoisotopic (exact) mass is 409 g/mol. The predicted octanol–water partition coefficient (Wildman–Crippen LogP) is 2.47. The van der Waals surface area contributed by atoms with E-state index in [1.807, 2.05) is 41.8 Å². The van der Waals surface area contributed by atoms with E-state index in [2.05, 4.69) is 10.3 Å². The summed E-state index contributed by atoms with van der Waals surface area (Å²) in [6.45, 7) is 0.653. The Morgan fingerprint density at radius 2 is 2.10 bits per heavy atom. The highest BCUT2D eigenvalue weighted by Gasteiger charge is 2.36. The van der Waals surface area contributed by atoms with E-state index in [0.29, 0.717) is 35.2 Å². The zero-order valence-electron chi connectivity index (χ0n) is 15.8. The van der Waals surface area contributed by atoms with Gasteiger partial charge in [-0.2, -0.15) is 0 Å². The molecule has 1 atom stereocenters. The number of hydrogen-bond acceptors (Lipinski definition) is 6. The number of methoxy groups -OCH3 is 1. The fourth-order valence-electron chi connectivity index (χ4n) is 3.46. The van der Waals surface area contributed by atoms with Crippen LogP contribution in [0.3, 0.4) is 0 Å². The van der Waals surface area contributed by atoms with Crippen LogP contribution in [0.25, 0.3) is 21.5 Å². The van der Waals surface area contributed by atoms with Crippen LogP contribution in [0.1, 0.15) is 16.8 Å². The van der Waals surface area contributed by atoms with Gasteiger partial charge in [0.05, 0.1) is 35.2 Å². The van der Waals surface area contributed by atoms with Crippen LogP contribution in [-0.4, -0.2) is 53.9 Å². The minimum atomic E-state index is -0.902. The molecule has 1 saturated heterocycles. The summed E-state index contributed by atoms with van der Waals surface area (Å²) in [5.41, 5.74) is 1.87. The zero-order chi connectivity index (χ0) is 20.4. The Bertz CT molecular complexity index is 1080. The molecule has 1 N–H and O–H groups in total. The van der Waals surface area contributed by atoms with Crippen molar-refractivity contribution in [3.8, 4) is 10.6 Å². The third-order valence-electron chi connectivity index (χ3n) is 4.90. The number of para-hydroxylation sites is 1. The Hall–Kier alpha value is -3.26. The lowest BCUT2D eigenvalue weighted by atomic mass is 10.0. The second kappa shape index (κ2) is 8.00. The van der Waals surface area contributed by atoms with Crippen molar-refractivity contribution in [2.75, 3.05) is 20.2 Å². The van der Waals surface area contributed by atoms with Gasteiger partial charge in [0.2, 0.25) is 5.91 Å². The number of nitrogens with zero attached hydrogens (tertiary/aromatic N) is 2. The van der Waals surface area contributed by atoms with Gasteiger partial charge in [-0.15, -0.1) is 11.3 Å². The second-order valence-corrected chi connectivity index (χ2v) is 7.58. The Labute approximate surface area is 171 Å². The number of carbonyl (C=O) groups excluding carboxylic acids is 3. The molecule has 7 nitrogen and oxygen atoms in total. The summed E-state index contributed by atoms with van der Waals surface area (Å²) in [4.78, 5) is 44.8. The number of fused-ring (bicyclic) bond motifs is 1. The number of esters is 1. The number of pyridine rings is 1. The van der Waals surface area contributed by atoms with E-state index in [4.69, 9.17) is 4.74 Å². The molecule has 3 aromatic rings. The maximum atomic E-state index is 13.5. The summed E-state index contributed by atoms with van der Waals surface area (Å²) < 4.78 is 4.71. The van der Waals surface area contributed by atoms with Gasteiger partial charge in [-0.25, -0.2) is 4.98 Å². The summed E-state index contributed by atoms with van der Waals surface area (Å²) in [7, 11) is 1.26. The van der Waals surface area contributed by atoms with E-state index in [1.54, 1.807) is 17.4 Å². The molecule has 4 rings (SSSR count). The second-order valence-electron chi connectivity index (χ2n) is 6.64. The van der Waals surface area contributed by atoms with Gasteiger partial charge in [-0.3, -0.25) is 14.4 Å². The fourth-order valence-corrected chi connectivity index (χ4v) is 4.15.